The maximum absolute atomic E-state index is 11.7. The fourth-order valence-corrected chi connectivity index (χ4v) is 3.65. The molecule has 2 aromatic heterocycles. The SMILES string of the molecule is CC1(C)[C@@H](CO)CC[C@@]1(C)Cn1cnc2c(=O)[nH]cnc21. The van der Waals surface area contributed by atoms with Crippen LogP contribution in [0.15, 0.2) is 17.4 Å². The maximum atomic E-state index is 11.7. The first kappa shape index (κ1) is 14.3. The smallest absolute Gasteiger partial charge is 0.278 e. The van der Waals surface area contributed by atoms with Crippen LogP contribution in [0.25, 0.3) is 11.2 Å². The van der Waals surface area contributed by atoms with Gasteiger partial charge >= 0.3 is 0 Å². The second-order valence-corrected chi connectivity index (χ2v) is 6.98. The topological polar surface area (TPSA) is 83.8 Å². The Morgan fingerprint density at radius 1 is 1.43 bits per heavy atom. The Labute approximate surface area is 123 Å². The maximum Gasteiger partial charge on any atom is 0.278 e. The van der Waals surface area contributed by atoms with Gasteiger partial charge in [-0.25, -0.2) is 9.97 Å². The minimum atomic E-state index is -0.206. The minimum absolute atomic E-state index is 0.0273. The van der Waals surface area contributed by atoms with Crippen molar-refractivity contribution in [3.63, 3.8) is 0 Å². The van der Waals surface area contributed by atoms with Gasteiger partial charge in [0.15, 0.2) is 11.2 Å². The number of nitrogens with zero attached hydrogens (tertiary/aromatic N) is 3. The van der Waals surface area contributed by atoms with Gasteiger partial charge in [0.1, 0.15) is 0 Å². The summed E-state index contributed by atoms with van der Waals surface area (Å²) in [4.78, 5) is 22.7. The Morgan fingerprint density at radius 3 is 2.86 bits per heavy atom. The quantitative estimate of drug-likeness (QED) is 0.898. The Hall–Kier alpha value is -1.69. The number of hydrogen-bond acceptors (Lipinski definition) is 4. The molecule has 2 atom stereocenters. The third-order valence-corrected chi connectivity index (χ3v) is 5.77. The van der Waals surface area contributed by atoms with Crippen molar-refractivity contribution in [1.29, 1.82) is 0 Å². The molecule has 0 aliphatic heterocycles. The number of nitrogens with one attached hydrogen (secondary N) is 1. The number of hydrogen-bond donors (Lipinski definition) is 2. The van der Waals surface area contributed by atoms with Crippen LogP contribution in [0, 0.1) is 16.7 Å². The first-order chi connectivity index (χ1) is 9.89. The molecule has 1 fully saturated rings. The van der Waals surface area contributed by atoms with E-state index < -0.39 is 0 Å². The highest BCUT2D eigenvalue weighted by Crippen LogP contribution is 2.56. The Bertz CT molecular complexity index is 718. The molecule has 6 nitrogen and oxygen atoms in total. The van der Waals surface area contributed by atoms with E-state index in [0.717, 1.165) is 19.4 Å². The molecule has 2 heterocycles. The van der Waals surface area contributed by atoms with Crippen LogP contribution in [0.1, 0.15) is 33.6 Å². The van der Waals surface area contributed by atoms with Gasteiger partial charge in [-0.3, -0.25) is 4.79 Å². The number of H-pyrrole nitrogens is 1. The summed E-state index contributed by atoms with van der Waals surface area (Å²) in [6.07, 6.45) is 5.19. The molecule has 1 aliphatic rings. The van der Waals surface area contributed by atoms with Crippen molar-refractivity contribution < 1.29 is 5.11 Å². The van der Waals surface area contributed by atoms with E-state index in [1.54, 1.807) is 6.33 Å². The van der Waals surface area contributed by atoms with E-state index in [1.165, 1.54) is 6.33 Å². The van der Waals surface area contributed by atoms with Gasteiger partial charge in [-0.2, -0.15) is 0 Å². The monoisotopic (exact) mass is 290 g/mol. The van der Waals surface area contributed by atoms with E-state index in [0.29, 0.717) is 17.1 Å². The van der Waals surface area contributed by atoms with E-state index >= 15 is 0 Å². The number of aliphatic hydroxyl groups is 1. The Kier molecular flexibility index (Phi) is 3.16. The van der Waals surface area contributed by atoms with Gasteiger partial charge in [-0.15, -0.1) is 0 Å². The molecule has 1 aliphatic carbocycles. The highest BCUT2D eigenvalue weighted by molar-refractivity contribution is 5.68. The van der Waals surface area contributed by atoms with Crippen LogP contribution in [-0.2, 0) is 6.54 Å². The summed E-state index contributed by atoms with van der Waals surface area (Å²) >= 11 is 0. The van der Waals surface area contributed by atoms with Gasteiger partial charge < -0.3 is 14.7 Å². The van der Waals surface area contributed by atoms with Crippen molar-refractivity contribution in [2.45, 2.75) is 40.2 Å². The van der Waals surface area contributed by atoms with Crippen LogP contribution < -0.4 is 5.56 Å². The molecular formula is C15H22N4O2. The summed E-state index contributed by atoms with van der Waals surface area (Å²) < 4.78 is 1.96. The predicted molar refractivity (Wildman–Crippen MR) is 79.8 cm³/mol. The molecule has 0 spiro atoms. The minimum Gasteiger partial charge on any atom is -0.396 e. The Balaban J connectivity index is 1.99. The van der Waals surface area contributed by atoms with Crippen LogP contribution in [-0.4, -0.2) is 31.2 Å². The van der Waals surface area contributed by atoms with Crippen LogP contribution >= 0.6 is 0 Å². The van der Waals surface area contributed by atoms with Crippen molar-refractivity contribution in [3.05, 3.63) is 23.0 Å². The number of imidazole rings is 1. The normalized spacial score (nSPS) is 28.3. The molecular weight excluding hydrogens is 268 g/mol. The first-order valence-electron chi connectivity index (χ1n) is 7.38. The lowest BCUT2D eigenvalue weighted by Gasteiger charge is -2.41. The lowest BCUT2D eigenvalue weighted by Crippen LogP contribution is -2.38. The van der Waals surface area contributed by atoms with Crippen molar-refractivity contribution in [1.82, 2.24) is 19.5 Å². The largest absolute Gasteiger partial charge is 0.396 e. The van der Waals surface area contributed by atoms with E-state index in [2.05, 4.69) is 35.7 Å². The number of aromatic amines is 1. The molecule has 0 aromatic carbocycles. The molecule has 0 saturated heterocycles. The van der Waals surface area contributed by atoms with Crippen molar-refractivity contribution >= 4 is 11.2 Å². The van der Waals surface area contributed by atoms with Gasteiger partial charge in [-0.1, -0.05) is 20.8 Å². The highest BCUT2D eigenvalue weighted by Gasteiger charge is 2.51. The number of fused-ring (bicyclic) bond motifs is 1. The van der Waals surface area contributed by atoms with Crippen molar-refractivity contribution in [2.24, 2.45) is 16.7 Å². The lowest BCUT2D eigenvalue weighted by molar-refractivity contribution is 0.0435. The average molecular weight is 290 g/mol. The van der Waals surface area contributed by atoms with Crippen LogP contribution in [0.4, 0.5) is 0 Å². The summed E-state index contributed by atoms with van der Waals surface area (Å²) in [6.45, 7) is 7.68. The summed E-state index contributed by atoms with van der Waals surface area (Å²) in [5, 5.41) is 9.59. The van der Waals surface area contributed by atoms with Crippen LogP contribution in [0.3, 0.4) is 0 Å². The fourth-order valence-electron chi connectivity index (χ4n) is 3.65. The van der Waals surface area contributed by atoms with Gasteiger partial charge in [0.2, 0.25) is 0 Å². The van der Waals surface area contributed by atoms with Gasteiger partial charge in [0.05, 0.1) is 12.7 Å². The molecule has 0 radical (unpaired) electrons. The number of aliphatic hydroxyl groups excluding tert-OH is 1. The highest BCUT2D eigenvalue weighted by atomic mass is 16.3. The van der Waals surface area contributed by atoms with Crippen molar-refractivity contribution in [2.75, 3.05) is 6.61 Å². The third kappa shape index (κ3) is 2.00. The second-order valence-electron chi connectivity index (χ2n) is 6.98. The summed E-state index contributed by atoms with van der Waals surface area (Å²) in [6, 6.07) is 0. The van der Waals surface area contributed by atoms with Gasteiger partial charge in [-0.05, 0) is 29.6 Å². The number of rotatable bonds is 3. The summed E-state index contributed by atoms with van der Waals surface area (Å²) in [5.41, 5.74) is 0.874. The molecule has 2 N–H and O–H groups in total. The zero-order valence-electron chi connectivity index (χ0n) is 12.8. The van der Waals surface area contributed by atoms with Crippen LogP contribution in [0.5, 0.6) is 0 Å². The standard InChI is InChI=1S/C15H22N4O2/c1-14(2)10(6-20)4-5-15(14,3)7-19-9-18-11-12(19)16-8-17-13(11)21/h8-10,20H,4-7H2,1-3H3,(H,16,17,21)/t10-,15+/m1/s1. The number of aromatic nitrogens is 4. The van der Waals surface area contributed by atoms with E-state index in [-0.39, 0.29) is 23.0 Å². The Morgan fingerprint density at radius 2 is 2.19 bits per heavy atom. The van der Waals surface area contributed by atoms with Gasteiger partial charge in [0, 0.05) is 13.2 Å². The lowest BCUT2D eigenvalue weighted by atomic mass is 9.66. The second kappa shape index (κ2) is 4.66. The molecule has 0 amide bonds. The first-order valence-corrected chi connectivity index (χ1v) is 7.38. The molecule has 6 heteroatoms. The predicted octanol–water partition coefficient (Wildman–Crippen LogP) is 1.55. The molecule has 21 heavy (non-hydrogen) atoms. The van der Waals surface area contributed by atoms with Crippen molar-refractivity contribution in [3.8, 4) is 0 Å². The summed E-state index contributed by atoms with van der Waals surface area (Å²) in [7, 11) is 0. The van der Waals surface area contributed by atoms with E-state index in [1.807, 2.05) is 4.57 Å². The van der Waals surface area contributed by atoms with Gasteiger partial charge in [0.25, 0.3) is 5.56 Å². The molecule has 3 rings (SSSR count). The van der Waals surface area contributed by atoms with E-state index in [9.17, 15) is 9.90 Å². The zero-order valence-corrected chi connectivity index (χ0v) is 12.8. The average Bonchev–Trinajstić information content (AvgIpc) is 2.92. The molecule has 0 unspecified atom stereocenters. The fraction of sp³-hybridized carbons (Fsp3) is 0.667. The van der Waals surface area contributed by atoms with Crippen LogP contribution in [0.2, 0.25) is 0 Å². The molecule has 1 saturated carbocycles. The summed E-state index contributed by atoms with van der Waals surface area (Å²) in [5.74, 6) is 0.314. The van der Waals surface area contributed by atoms with E-state index in [4.69, 9.17) is 0 Å². The zero-order chi connectivity index (χ0) is 15.3. The molecule has 0 bridgehead atoms. The molecule has 114 valence electrons. The third-order valence-electron chi connectivity index (χ3n) is 5.77. The molecule has 2 aromatic rings.